The molecule has 6 nitrogen and oxygen atoms in total. The number of likely N-dealkylation sites (tertiary alicyclic amines) is 1. The Hall–Kier alpha value is -3.06. The second-order valence-electron chi connectivity index (χ2n) is 8.38. The van der Waals surface area contributed by atoms with Crippen LogP contribution in [0.4, 0.5) is 10.1 Å². The minimum atomic E-state index is -0.303. The molecule has 1 atom stereocenters. The van der Waals surface area contributed by atoms with Crippen LogP contribution < -0.4 is 5.32 Å². The maximum atomic E-state index is 13.1. The molecular weight excluding hydrogens is 407 g/mol. The zero-order valence-corrected chi connectivity index (χ0v) is 18.4. The number of anilines is 1. The molecule has 1 unspecified atom stereocenters. The van der Waals surface area contributed by atoms with Crippen molar-refractivity contribution in [3.8, 4) is 11.4 Å². The van der Waals surface area contributed by atoms with Gasteiger partial charge in [-0.2, -0.15) is 4.98 Å². The van der Waals surface area contributed by atoms with Crippen LogP contribution in [0.5, 0.6) is 0 Å². The lowest BCUT2D eigenvalue weighted by Gasteiger charge is -2.30. The Morgan fingerprint density at radius 2 is 1.97 bits per heavy atom. The zero-order valence-electron chi connectivity index (χ0n) is 18.4. The SMILES string of the molecule is CCCCc1ccc(NC(=O)C2CCCN(Cc3nc(-c4ccc(F)cc4)no3)C2)cc1. The summed E-state index contributed by atoms with van der Waals surface area (Å²) in [5.74, 6) is 0.598. The van der Waals surface area contributed by atoms with Gasteiger partial charge in [-0.15, -0.1) is 0 Å². The average molecular weight is 437 g/mol. The van der Waals surface area contributed by atoms with E-state index in [1.165, 1.54) is 30.5 Å². The number of carbonyl (C=O) groups excluding carboxylic acids is 1. The van der Waals surface area contributed by atoms with Crippen molar-refractivity contribution in [2.75, 3.05) is 18.4 Å². The van der Waals surface area contributed by atoms with Crippen molar-refractivity contribution >= 4 is 11.6 Å². The fourth-order valence-electron chi connectivity index (χ4n) is 4.02. The van der Waals surface area contributed by atoms with Gasteiger partial charge in [0.1, 0.15) is 5.82 Å². The summed E-state index contributed by atoms with van der Waals surface area (Å²) in [7, 11) is 0. The maximum Gasteiger partial charge on any atom is 0.241 e. The first kappa shape index (κ1) is 22.1. The Balaban J connectivity index is 1.31. The summed E-state index contributed by atoms with van der Waals surface area (Å²) in [5.41, 5.74) is 2.85. The first-order valence-electron chi connectivity index (χ1n) is 11.3. The van der Waals surface area contributed by atoms with Crippen molar-refractivity contribution in [3.05, 3.63) is 65.8 Å². The quantitative estimate of drug-likeness (QED) is 0.534. The molecule has 1 saturated heterocycles. The van der Waals surface area contributed by atoms with E-state index in [-0.39, 0.29) is 17.6 Å². The molecule has 0 spiro atoms. The molecule has 1 aliphatic heterocycles. The minimum absolute atomic E-state index is 0.0496. The fourth-order valence-corrected chi connectivity index (χ4v) is 4.02. The van der Waals surface area contributed by atoms with Crippen LogP contribution in [0.15, 0.2) is 53.1 Å². The van der Waals surface area contributed by atoms with Crippen LogP contribution in [-0.2, 0) is 17.8 Å². The molecule has 1 aliphatic rings. The lowest BCUT2D eigenvalue weighted by molar-refractivity contribution is -0.121. The van der Waals surface area contributed by atoms with Gasteiger partial charge in [-0.1, -0.05) is 30.6 Å². The number of piperidine rings is 1. The molecule has 0 bridgehead atoms. The van der Waals surface area contributed by atoms with Gasteiger partial charge in [0.2, 0.25) is 17.6 Å². The van der Waals surface area contributed by atoms with E-state index < -0.39 is 0 Å². The summed E-state index contributed by atoms with van der Waals surface area (Å²) in [6, 6.07) is 14.1. The number of amides is 1. The molecule has 0 saturated carbocycles. The molecule has 7 heteroatoms. The number of hydrogen-bond acceptors (Lipinski definition) is 5. The van der Waals surface area contributed by atoms with Gasteiger partial charge in [0, 0.05) is 17.8 Å². The number of rotatable bonds is 8. The van der Waals surface area contributed by atoms with E-state index in [0.29, 0.717) is 30.4 Å². The highest BCUT2D eigenvalue weighted by atomic mass is 19.1. The van der Waals surface area contributed by atoms with Crippen LogP contribution in [-0.4, -0.2) is 34.0 Å². The Kier molecular flexibility index (Phi) is 7.27. The summed E-state index contributed by atoms with van der Waals surface area (Å²) in [6.45, 7) is 4.20. The van der Waals surface area contributed by atoms with Gasteiger partial charge in [-0.05, 0) is 74.2 Å². The monoisotopic (exact) mass is 436 g/mol. The second-order valence-corrected chi connectivity index (χ2v) is 8.38. The van der Waals surface area contributed by atoms with Crippen molar-refractivity contribution in [2.24, 2.45) is 5.92 Å². The van der Waals surface area contributed by atoms with E-state index >= 15 is 0 Å². The van der Waals surface area contributed by atoms with E-state index in [1.807, 2.05) is 12.1 Å². The number of hydrogen-bond donors (Lipinski definition) is 1. The van der Waals surface area contributed by atoms with Crippen LogP contribution in [0.3, 0.4) is 0 Å². The van der Waals surface area contributed by atoms with Gasteiger partial charge in [0.25, 0.3) is 0 Å². The number of nitrogens with zero attached hydrogens (tertiary/aromatic N) is 3. The highest BCUT2D eigenvalue weighted by Crippen LogP contribution is 2.22. The third-order valence-electron chi connectivity index (χ3n) is 5.85. The Bertz CT molecular complexity index is 1020. The predicted molar refractivity (Wildman–Crippen MR) is 121 cm³/mol. The second kappa shape index (κ2) is 10.5. The lowest BCUT2D eigenvalue weighted by atomic mass is 9.97. The normalized spacial score (nSPS) is 16.8. The minimum Gasteiger partial charge on any atom is -0.338 e. The van der Waals surface area contributed by atoms with Gasteiger partial charge in [-0.25, -0.2) is 4.39 Å². The number of nitrogens with one attached hydrogen (secondary N) is 1. The molecule has 4 rings (SSSR count). The largest absolute Gasteiger partial charge is 0.338 e. The lowest BCUT2D eigenvalue weighted by Crippen LogP contribution is -2.40. The highest BCUT2D eigenvalue weighted by molar-refractivity contribution is 5.92. The van der Waals surface area contributed by atoms with E-state index in [1.54, 1.807) is 12.1 Å². The van der Waals surface area contributed by atoms with Crippen molar-refractivity contribution < 1.29 is 13.7 Å². The topological polar surface area (TPSA) is 71.3 Å². The van der Waals surface area contributed by atoms with E-state index in [2.05, 4.69) is 39.4 Å². The third-order valence-corrected chi connectivity index (χ3v) is 5.85. The van der Waals surface area contributed by atoms with Crippen LogP contribution in [0.25, 0.3) is 11.4 Å². The molecule has 1 N–H and O–H groups in total. The van der Waals surface area contributed by atoms with Crippen LogP contribution in [0, 0.1) is 11.7 Å². The Labute approximate surface area is 187 Å². The smallest absolute Gasteiger partial charge is 0.241 e. The fraction of sp³-hybridized carbons (Fsp3) is 0.400. The van der Waals surface area contributed by atoms with Crippen molar-refractivity contribution in [1.29, 1.82) is 0 Å². The summed E-state index contributed by atoms with van der Waals surface area (Å²) >= 11 is 0. The molecule has 2 heterocycles. The van der Waals surface area contributed by atoms with Gasteiger partial charge >= 0.3 is 0 Å². The van der Waals surface area contributed by atoms with Crippen LogP contribution >= 0.6 is 0 Å². The Morgan fingerprint density at radius 1 is 1.19 bits per heavy atom. The predicted octanol–water partition coefficient (Wildman–Crippen LogP) is 5.07. The molecule has 2 aromatic carbocycles. The molecule has 0 aliphatic carbocycles. The third kappa shape index (κ3) is 5.79. The highest BCUT2D eigenvalue weighted by Gasteiger charge is 2.27. The zero-order chi connectivity index (χ0) is 22.3. The summed E-state index contributed by atoms with van der Waals surface area (Å²) in [6.07, 6.45) is 5.22. The number of aryl methyl sites for hydroxylation is 1. The van der Waals surface area contributed by atoms with Crippen molar-refractivity contribution in [3.63, 3.8) is 0 Å². The van der Waals surface area contributed by atoms with Gasteiger partial charge < -0.3 is 9.84 Å². The molecule has 1 amide bonds. The molecule has 168 valence electrons. The number of carbonyl (C=O) groups is 1. The van der Waals surface area contributed by atoms with Crippen LogP contribution in [0.1, 0.15) is 44.1 Å². The first-order chi connectivity index (χ1) is 15.6. The molecule has 32 heavy (non-hydrogen) atoms. The first-order valence-corrected chi connectivity index (χ1v) is 11.3. The van der Waals surface area contributed by atoms with Gasteiger partial charge in [0.05, 0.1) is 12.5 Å². The van der Waals surface area contributed by atoms with E-state index in [4.69, 9.17) is 4.52 Å². The number of benzene rings is 2. The Morgan fingerprint density at radius 3 is 2.72 bits per heavy atom. The standard InChI is InChI=1S/C25H29FN4O2/c1-2-3-5-18-7-13-22(14-8-18)27-25(31)20-6-4-15-30(16-20)17-23-28-24(29-32-23)19-9-11-21(26)12-10-19/h7-14,20H,2-6,15-17H2,1H3,(H,27,31). The summed E-state index contributed by atoms with van der Waals surface area (Å²) in [5, 5.41) is 7.06. The van der Waals surface area contributed by atoms with Crippen molar-refractivity contribution in [2.45, 2.75) is 45.6 Å². The molecule has 1 aromatic heterocycles. The van der Waals surface area contributed by atoms with Crippen LogP contribution in [0.2, 0.25) is 0 Å². The maximum absolute atomic E-state index is 13.1. The molecule has 0 radical (unpaired) electrons. The molecule has 3 aromatic rings. The van der Waals surface area contributed by atoms with Crippen molar-refractivity contribution in [1.82, 2.24) is 15.0 Å². The number of unbranched alkanes of at least 4 members (excludes halogenated alkanes) is 1. The average Bonchev–Trinajstić information content (AvgIpc) is 3.27. The number of aromatic nitrogens is 2. The number of halogens is 1. The summed E-state index contributed by atoms with van der Waals surface area (Å²) < 4.78 is 18.5. The van der Waals surface area contributed by atoms with Gasteiger partial charge in [0.15, 0.2) is 0 Å². The molecule has 1 fully saturated rings. The van der Waals surface area contributed by atoms with E-state index in [9.17, 15) is 9.18 Å². The molecular formula is C25H29FN4O2. The summed E-state index contributed by atoms with van der Waals surface area (Å²) in [4.78, 5) is 19.4. The van der Waals surface area contributed by atoms with Gasteiger partial charge in [-0.3, -0.25) is 9.69 Å². The van der Waals surface area contributed by atoms with E-state index in [0.717, 1.165) is 31.5 Å².